The van der Waals surface area contributed by atoms with Gasteiger partial charge in [0.1, 0.15) is 0 Å². The quantitative estimate of drug-likeness (QED) is 0.859. The molecule has 1 aromatic heterocycles. The van der Waals surface area contributed by atoms with E-state index in [2.05, 4.69) is 15.6 Å². The molecule has 2 amide bonds. The van der Waals surface area contributed by atoms with Crippen LogP contribution in [0.25, 0.3) is 0 Å². The van der Waals surface area contributed by atoms with Gasteiger partial charge < -0.3 is 10.6 Å². The summed E-state index contributed by atoms with van der Waals surface area (Å²) >= 11 is 0. The van der Waals surface area contributed by atoms with Gasteiger partial charge in [0.15, 0.2) is 0 Å². The number of nitrogens with zero attached hydrogens (tertiary/aromatic N) is 2. The van der Waals surface area contributed by atoms with Crippen molar-refractivity contribution in [2.24, 2.45) is 0 Å². The Hall–Kier alpha value is -1.67. The fourth-order valence-electron chi connectivity index (χ4n) is 2.47. The van der Waals surface area contributed by atoms with Crippen molar-refractivity contribution in [2.75, 3.05) is 19.3 Å². The fourth-order valence-corrected chi connectivity index (χ4v) is 3.35. The first-order valence-corrected chi connectivity index (χ1v) is 9.13. The van der Waals surface area contributed by atoms with E-state index in [0.29, 0.717) is 25.9 Å². The van der Waals surface area contributed by atoms with Crippen molar-refractivity contribution in [2.45, 2.75) is 31.8 Å². The number of pyridine rings is 1. The number of piperidine rings is 1. The molecule has 0 aromatic carbocycles. The SMILES string of the molecule is C[C@H](NC(=O)NC1CCN(S(C)(=O)=O)CC1)c1cccnc1. The number of nitrogens with one attached hydrogen (secondary N) is 2. The second kappa shape index (κ2) is 7.06. The third-order valence-electron chi connectivity index (χ3n) is 3.79. The molecule has 1 atom stereocenters. The molecule has 0 radical (unpaired) electrons. The van der Waals surface area contributed by atoms with E-state index in [-0.39, 0.29) is 18.1 Å². The van der Waals surface area contributed by atoms with E-state index in [9.17, 15) is 13.2 Å². The molecule has 0 spiro atoms. The first-order valence-electron chi connectivity index (χ1n) is 7.28. The number of aromatic nitrogens is 1. The maximum atomic E-state index is 12.0. The maximum absolute atomic E-state index is 12.0. The van der Waals surface area contributed by atoms with Crippen LogP contribution in [0, 0.1) is 0 Å². The van der Waals surface area contributed by atoms with Crippen LogP contribution in [-0.4, -0.2) is 49.1 Å². The van der Waals surface area contributed by atoms with E-state index in [1.165, 1.54) is 10.6 Å². The zero-order valence-electron chi connectivity index (χ0n) is 12.8. The topological polar surface area (TPSA) is 91.4 Å². The van der Waals surface area contributed by atoms with Crippen LogP contribution in [0.15, 0.2) is 24.5 Å². The Kier molecular flexibility index (Phi) is 5.36. The molecule has 122 valence electrons. The highest BCUT2D eigenvalue weighted by atomic mass is 32.2. The predicted octanol–water partition coefficient (Wildman–Crippen LogP) is 0.866. The van der Waals surface area contributed by atoms with E-state index in [0.717, 1.165) is 5.56 Å². The molecule has 1 aliphatic rings. The monoisotopic (exact) mass is 326 g/mol. The number of hydrogen-bond donors (Lipinski definition) is 2. The number of hydrogen-bond acceptors (Lipinski definition) is 4. The molecule has 0 saturated carbocycles. The van der Waals surface area contributed by atoms with E-state index in [1.54, 1.807) is 12.4 Å². The minimum absolute atomic E-state index is 0.000835. The van der Waals surface area contributed by atoms with Crippen LogP contribution in [0.4, 0.5) is 4.79 Å². The van der Waals surface area contributed by atoms with Crippen LogP contribution in [-0.2, 0) is 10.0 Å². The van der Waals surface area contributed by atoms with Gasteiger partial charge in [0.2, 0.25) is 10.0 Å². The Morgan fingerprint density at radius 3 is 2.64 bits per heavy atom. The Bertz CT molecular complexity index is 598. The molecule has 0 unspecified atom stereocenters. The van der Waals surface area contributed by atoms with Crippen LogP contribution in [0.1, 0.15) is 31.4 Å². The van der Waals surface area contributed by atoms with Gasteiger partial charge in [0, 0.05) is 31.5 Å². The van der Waals surface area contributed by atoms with Crippen LogP contribution >= 0.6 is 0 Å². The average Bonchev–Trinajstić information content (AvgIpc) is 2.47. The molecular weight excluding hydrogens is 304 g/mol. The first-order chi connectivity index (χ1) is 10.4. The van der Waals surface area contributed by atoms with Crippen molar-refractivity contribution in [1.82, 2.24) is 19.9 Å². The van der Waals surface area contributed by atoms with Crippen LogP contribution < -0.4 is 10.6 Å². The fraction of sp³-hybridized carbons (Fsp3) is 0.571. The summed E-state index contributed by atoms with van der Waals surface area (Å²) in [5.74, 6) is 0. The van der Waals surface area contributed by atoms with Gasteiger partial charge in [0.05, 0.1) is 12.3 Å². The second-order valence-electron chi connectivity index (χ2n) is 5.56. The van der Waals surface area contributed by atoms with Gasteiger partial charge in [0.25, 0.3) is 0 Å². The molecule has 22 heavy (non-hydrogen) atoms. The molecule has 7 nitrogen and oxygen atoms in total. The predicted molar refractivity (Wildman–Crippen MR) is 83.8 cm³/mol. The summed E-state index contributed by atoms with van der Waals surface area (Å²) in [5.41, 5.74) is 0.935. The van der Waals surface area contributed by atoms with Gasteiger partial charge in [-0.1, -0.05) is 6.07 Å². The molecule has 2 rings (SSSR count). The lowest BCUT2D eigenvalue weighted by molar-refractivity contribution is 0.225. The molecule has 1 fully saturated rings. The van der Waals surface area contributed by atoms with Crippen LogP contribution in [0.5, 0.6) is 0 Å². The van der Waals surface area contributed by atoms with E-state index in [4.69, 9.17) is 0 Å². The highest BCUT2D eigenvalue weighted by molar-refractivity contribution is 7.88. The summed E-state index contributed by atoms with van der Waals surface area (Å²) < 4.78 is 24.3. The van der Waals surface area contributed by atoms with Crippen molar-refractivity contribution < 1.29 is 13.2 Å². The number of urea groups is 1. The summed E-state index contributed by atoms with van der Waals surface area (Å²) in [5, 5.41) is 5.76. The number of sulfonamides is 1. The molecule has 1 aliphatic heterocycles. The Morgan fingerprint density at radius 2 is 2.09 bits per heavy atom. The largest absolute Gasteiger partial charge is 0.335 e. The van der Waals surface area contributed by atoms with Crippen molar-refractivity contribution in [3.63, 3.8) is 0 Å². The van der Waals surface area contributed by atoms with Gasteiger partial charge in [-0.05, 0) is 31.4 Å². The smallest absolute Gasteiger partial charge is 0.315 e. The lowest BCUT2D eigenvalue weighted by atomic mass is 10.1. The Morgan fingerprint density at radius 1 is 1.41 bits per heavy atom. The lowest BCUT2D eigenvalue weighted by Gasteiger charge is -2.31. The van der Waals surface area contributed by atoms with Crippen molar-refractivity contribution in [1.29, 1.82) is 0 Å². The third-order valence-corrected chi connectivity index (χ3v) is 5.09. The van der Waals surface area contributed by atoms with E-state index >= 15 is 0 Å². The standard InChI is InChI=1S/C14H22N4O3S/c1-11(12-4-3-7-15-10-12)16-14(19)17-13-5-8-18(9-6-13)22(2,20)21/h3-4,7,10-11,13H,5-6,8-9H2,1-2H3,(H2,16,17,19)/t11-/m0/s1. The lowest BCUT2D eigenvalue weighted by Crippen LogP contribution is -2.49. The number of carbonyl (C=O) groups excluding carboxylic acids is 1. The van der Waals surface area contributed by atoms with Crippen molar-refractivity contribution in [3.05, 3.63) is 30.1 Å². The molecule has 1 saturated heterocycles. The molecule has 0 aliphatic carbocycles. The maximum Gasteiger partial charge on any atom is 0.315 e. The second-order valence-corrected chi connectivity index (χ2v) is 7.54. The van der Waals surface area contributed by atoms with Crippen LogP contribution in [0.2, 0.25) is 0 Å². The van der Waals surface area contributed by atoms with Crippen LogP contribution in [0.3, 0.4) is 0 Å². The average molecular weight is 326 g/mol. The molecule has 8 heteroatoms. The van der Waals surface area contributed by atoms with E-state index in [1.807, 2.05) is 19.1 Å². The Balaban J connectivity index is 1.79. The summed E-state index contributed by atoms with van der Waals surface area (Å²) in [6.07, 6.45) is 5.87. The minimum Gasteiger partial charge on any atom is -0.335 e. The summed E-state index contributed by atoms with van der Waals surface area (Å²) in [7, 11) is -3.13. The summed E-state index contributed by atoms with van der Waals surface area (Å²) in [4.78, 5) is 16.0. The van der Waals surface area contributed by atoms with Gasteiger partial charge in [-0.25, -0.2) is 17.5 Å². The molecule has 2 N–H and O–H groups in total. The van der Waals surface area contributed by atoms with Gasteiger partial charge in [-0.3, -0.25) is 4.98 Å². The van der Waals surface area contributed by atoms with Gasteiger partial charge in [-0.2, -0.15) is 0 Å². The van der Waals surface area contributed by atoms with Gasteiger partial charge in [-0.15, -0.1) is 0 Å². The van der Waals surface area contributed by atoms with Gasteiger partial charge >= 0.3 is 6.03 Å². The molecule has 2 heterocycles. The minimum atomic E-state index is -3.13. The molecule has 1 aromatic rings. The highest BCUT2D eigenvalue weighted by Crippen LogP contribution is 2.14. The highest BCUT2D eigenvalue weighted by Gasteiger charge is 2.25. The molecule has 0 bridgehead atoms. The van der Waals surface area contributed by atoms with Crippen molar-refractivity contribution in [3.8, 4) is 0 Å². The van der Waals surface area contributed by atoms with E-state index < -0.39 is 10.0 Å². The first kappa shape index (κ1) is 16.7. The number of rotatable bonds is 4. The normalized spacial score (nSPS) is 18.6. The zero-order valence-corrected chi connectivity index (χ0v) is 13.6. The Labute approximate surface area is 131 Å². The third kappa shape index (κ3) is 4.67. The number of carbonyl (C=O) groups is 1. The number of amides is 2. The summed E-state index contributed by atoms with van der Waals surface area (Å²) in [6, 6.07) is 3.35. The zero-order chi connectivity index (χ0) is 16.2. The molecular formula is C14H22N4O3S. The summed E-state index contributed by atoms with van der Waals surface area (Å²) in [6.45, 7) is 2.78. The van der Waals surface area contributed by atoms with Crippen molar-refractivity contribution >= 4 is 16.1 Å².